The lowest BCUT2D eigenvalue weighted by atomic mass is 10.00. The van der Waals surface area contributed by atoms with Crippen molar-refractivity contribution in [2.24, 2.45) is 0 Å². The summed E-state index contributed by atoms with van der Waals surface area (Å²) in [4.78, 5) is 0. The number of nitrogens with one attached hydrogen (secondary N) is 1. The van der Waals surface area contributed by atoms with Gasteiger partial charge in [0, 0.05) is 18.6 Å². The monoisotopic (exact) mass is 250 g/mol. The fourth-order valence-electron chi connectivity index (χ4n) is 2.59. The zero-order valence-electron chi connectivity index (χ0n) is 11.1. The zero-order valence-corrected chi connectivity index (χ0v) is 11.1. The quantitative estimate of drug-likeness (QED) is 0.721. The highest BCUT2D eigenvalue weighted by atomic mass is 16.3. The number of piperidine rings is 1. The fourth-order valence-corrected chi connectivity index (χ4v) is 2.59. The molecule has 1 saturated heterocycles. The summed E-state index contributed by atoms with van der Waals surface area (Å²) >= 11 is 0. The van der Waals surface area contributed by atoms with Gasteiger partial charge < -0.3 is 10.2 Å². The van der Waals surface area contributed by atoms with Gasteiger partial charge in [-0.2, -0.15) is 0 Å². The summed E-state index contributed by atoms with van der Waals surface area (Å²) in [5, 5.41) is 21.0. The van der Waals surface area contributed by atoms with Crippen molar-refractivity contribution in [2.45, 2.75) is 51.7 Å². The first-order valence-electron chi connectivity index (χ1n) is 6.60. The Morgan fingerprint density at radius 3 is 2.44 bits per heavy atom. The maximum Gasteiger partial charge on any atom is 0.157 e. The number of phenolic OH excluding ortho intramolecular Hbond substituents is 2. The molecule has 3 N–H and O–H groups in total. The number of benzene rings is 1. The highest BCUT2D eigenvalue weighted by molar-refractivity contribution is 5.40. The van der Waals surface area contributed by atoms with Crippen molar-refractivity contribution in [1.82, 2.24) is 10.4 Å². The number of hydrazine groups is 1. The van der Waals surface area contributed by atoms with Crippen LogP contribution < -0.4 is 5.43 Å². The molecule has 1 fully saturated rings. The first-order valence-corrected chi connectivity index (χ1v) is 6.60. The second-order valence-electron chi connectivity index (χ2n) is 5.19. The van der Waals surface area contributed by atoms with Crippen molar-refractivity contribution in [3.8, 4) is 11.5 Å². The molecule has 0 spiro atoms. The molecule has 0 aliphatic carbocycles. The highest BCUT2D eigenvalue weighted by Crippen LogP contribution is 2.25. The van der Waals surface area contributed by atoms with E-state index in [1.165, 1.54) is 25.3 Å². The van der Waals surface area contributed by atoms with Crippen LogP contribution in [0.1, 0.15) is 38.7 Å². The minimum Gasteiger partial charge on any atom is -0.504 e. The SMILES string of the molecule is CC1CCCC(C)N1NCc1ccc(O)c(O)c1. The zero-order chi connectivity index (χ0) is 13.1. The van der Waals surface area contributed by atoms with Crippen molar-refractivity contribution in [1.29, 1.82) is 0 Å². The molecule has 1 aromatic carbocycles. The van der Waals surface area contributed by atoms with Gasteiger partial charge in [0.1, 0.15) is 0 Å². The van der Waals surface area contributed by atoms with E-state index >= 15 is 0 Å². The van der Waals surface area contributed by atoms with E-state index < -0.39 is 0 Å². The Hall–Kier alpha value is -1.26. The Bertz CT molecular complexity index is 399. The Balaban J connectivity index is 1.95. The van der Waals surface area contributed by atoms with E-state index in [9.17, 15) is 10.2 Å². The third-order valence-electron chi connectivity index (χ3n) is 3.70. The molecule has 0 aromatic heterocycles. The van der Waals surface area contributed by atoms with E-state index in [0.29, 0.717) is 18.6 Å². The Morgan fingerprint density at radius 2 is 1.83 bits per heavy atom. The standard InChI is InChI=1S/C14H22N2O2/c1-10-4-3-5-11(2)16(10)15-9-12-6-7-13(17)14(18)8-12/h6-8,10-11,15,17-18H,3-5,9H2,1-2H3. The average molecular weight is 250 g/mol. The predicted octanol–water partition coefficient (Wildman–Crippen LogP) is 2.37. The van der Waals surface area contributed by atoms with Gasteiger partial charge in [0.2, 0.25) is 0 Å². The van der Waals surface area contributed by atoms with E-state index in [0.717, 1.165) is 5.56 Å². The minimum absolute atomic E-state index is 0.0611. The van der Waals surface area contributed by atoms with Gasteiger partial charge in [-0.15, -0.1) is 0 Å². The van der Waals surface area contributed by atoms with E-state index in [4.69, 9.17) is 0 Å². The Labute approximate surface area is 108 Å². The maximum absolute atomic E-state index is 9.45. The van der Waals surface area contributed by atoms with Crippen LogP contribution in [0.3, 0.4) is 0 Å². The lowest BCUT2D eigenvalue weighted by Crippen LogP contribution is -2.51. The first kappa shape index (κ1) is 13.2. The number of rotatable bonds is 3. The molecule has 1 aliphatic rings. The van der Waals surface area contributed by atoms with E-state index in [-0.39, 0.29) is 11.5 Å². The molecule has 2 unspecified atom stereocenters. The van der Waals surface area contributed by atoms with Gasteiger partial charge in [0.15, 0.2) is 11.5 Å². The lowest BCUT2D eigenvalue weighted by molar-refractivity contribution is 0.0435. The summed E-state index contributed by atoms with van der Waals surface area (Å²) in [5.74, 6) is -0.132. The van der Waals surface area contributed by atoms with Crippen LogP contribution >= 0.6 is 0 Å². The van der Waals surface area contributed by atoms with E-state index in [1.54, 1.807) is 6.07 Å². The van der Waals surface area contributed by atoms with Gasteiger partial charge in [-0.25, -0.2) is 5.01 Å². The smallest absolute Gasteiger partial charge is 0.157 e. The number of aromatic hydroxyl groups is 2. The third kappa shape index (κ3) is 2.94. The summed E-state index contributed by atoms with van der Waals surface area (Å²) < 4.78 is 0. The molecule has 2 rings (SSSR count). The number of hydrogen-bond acceptors (Lipinski definition) is 4. The molecule has 1 heterocycles. The van der Waals surface area contributed by atoms with Crippen molar-refractivity contribution in [3.63, 3.8) is 0 Å². The Morgan fingerprint density at radius 1 is 1.17 bits per heavy atom. The van der Waals surface area contributed by atoms with E-state index in [1.807, 2.05) is 6.07 Å². The second kappa shape index (κ2) is 5.59. The van der Waals surface area contributed by atoms with Gasteiger partial charge in [-0.3, -0.25) is 5.43 Å². The molecule has 0 radical (unpaired) electrons. The van der Waals surface area contributed by atoms with Crippen LogP contribution in [0.25, 0.3) is 0 Å². The van der Waals surface area contributed by atoms with Gasteiger partial charge >= 0.3 is 0 Å². The molecular weight excluding hydrogens is 228 g/mol. The van der Waals surface area contributed by atoms with Crippen LogP contribution in [0, 0.1) is 0 Å². The van der Waals surface area contributed by atoms with Crippen LogP contribution in [0.4, 0.5) is 0 Å². The van der Waals surface area contributed by atoms with Gasteiger partial charge in [0.05, 0.1) is 0 Å². The van der Waals surface area contributed by atoms with Crippen LogP contribution in [0.5, 0.6) is 11.5 Å². The van der Waals surface area contributed by atoms with Crippen LogP contribution in [0.15, 0.2) is 18.2 Å². The van der Waals surface area contributed by atoms with Gasteiger partial charge in [0.25, 0.3) is 0 Å². The molecule has 4 nitrogen and oxygen atoms in total. The number of phenols is 2. The number of nitrogens with zero attached hydrogens (tertiary/aromatic N) is 1. The molecule has 0 saturated carbocycles. The summed E-state index contributed by atoms with van der Waals surface area (Å²) in [6.45, 7) is 5.14. The molecule has 18 heavy (non-hydrogen) atoms. The molecule has 1 aliphatic heterocycles. The molecular formula is C14H22N2O2. The van der Waals surface area contributed by atoms with Crippen molar-refractivity contribution < 1.29 is 10.2 Å². The van der Waals surface area contributed by atoms with Crippen LogP contribution in [-0.4, -0.2) is 27.3 Å². The highest BCUT2D eigenvalue weighted by Gasteiger charge is 2.24. The molecule has 0 amide bonds. The average Bonchev–Trinajstić information content (AvgIpc) is 2.33. The molecule has 2 atom stereocenters. The molecule has 4 heteroatoms. The maximum atomic E-state index is 9.45. The Kier molecular flexibility index (Phi) is 4.09. The summed E-state index contributed by atoms with van der Waals surface area (Å²) in [7, 11) is 0. The van der Waals surface area contributed by atoms with E-state index in [2.05, 4.69) is 24.3 Å². The van der Waals surface area contributed by atoms with Crippen molar-refractivity contribution in [3.05, 3.63) is 23.8 Å². The fraction of sp³-hybridized carbons (Fsp3) is 0.571. The van der Waals surface area contributed by atoms with Gasteiger partial charge in [-0.1, -0.05) is 12.5 Å². The summed E-state index contributed by atoms with van der Waals surface area (Å²) in [6.07, 6.45) is 3.73. The summed E-state index contributed by atoms with van der Waals surface area (Å²) in [5.41, 5.74) is 4.39. The number of hydrogen-bond donors (Lipinski definition) is 3. The van der Waals surface area contributed by atoms with Gasteiger partial charge in [-0.05, 0) is 44.4 Å². The van der Waals surface area contributed by atoms with Crippen LogP contribution in [-0.2, 0) is 6.54 Å². The molecule has 100 valence electrons. The lowest BCUT2D eigenvalue weighted by Gasteiger charge is -2.39. The topological polar surface area (TPSA) is 55.7 Å². The van der Waals surface area contributed by atoms with Crippen molar-refractivity contribution in [2.75, 3.05) is 0 Å². The summed E-state index contributed by atoms with van der Waals surface area (Å²) in [6, 6.07) is 6.03. The third-order valence-corrected chi connectivity index (χ3v) is 3.70. The van der Waals surface area contributed by atoms with Crippen LogP contribution in [0.2, 0.25) is 0 Å². The molecule has 0 bridgehead atoms. The normalized spacial score (nSPS) is 25.2. The minimum atomic E-state index is -0.0709. The largest absolute Gasteiger partial charge is 0.504 e. The predicted molar refractivity (Wildman–Crippen MR) is 71.2 cm³/mol. The molecule has 1 aromatic rings. The first-order chi connectivity index (χ1) is 8.58. The second-order valence-corrected chi connectivity index (χ2v) is 5.19. The van der Waals surface area contributed by atoms with Crippen molar-refractivity contribution >= 4 is 0 Å².